The van der Waals surface area contributed by atoms with Crippen molar-refractivity contribution in [3.05, 3.63) is 29.8 Å². The Morgan fingerprint density at radius 3 is 3.00 bits per heavy atom. The van der Waals surface area contributed by atoms with Gasteiger partial charge in [-0.2, -0.15) is 0 Å². The fraction of sp³-hybridized carbons (Fsp3) is 0.111. The molecule has 1 aromatic carbocycles. The van der Waals surface area contributed by atoms with Crippen LogP contribution in [0.5, 0.6) is 5.75 Å². The number of ether oxygens (including phenoxy) is 1. The van der Waals surface area contributed by atoms with Crippen LogP contribution >= 0.6 is 0 Å². The Hall–Kier alpha value is -1.49. The summed E-state index contributed by atoms with van der Waals surface area (Å²) in [6, 6.07) is 6.74. The molecular formula is C9H7FO. The molecule has 0 aliphatic heterocycles. The third-order valence-corrected chi connectivity index (χ3v) is 1.22. The van der Waals surface area contributed by atoms with Crippen LogP contribution in [0.25, 0.3) is 0 Å². The Morgan fingerprint density at radius 1 is 1.55 bits per heavy atom. The smallest absolute Gasteiger partial charge is 0.228 e. The van der Waals surface area contributed by atoms with Crippen molar-refractivity contribution >= 4 is 0 Å². The molecule has 0 aliphatic carbocycles. The minimum Gasteiger partial charge on any atom is -0.463 e. The molecule has 0 saturated carbocycles. The van der Waals surface area contributed by atoms with Gasteiger partial charge in [0.05, 0.1) is 0 Å². The molecular weight excluding hydrogens is 143 g/mol. The largest absolute Gasteiger partial charge is 0.463 e. The van der Waals surface area contributed by atoms with Gasteiger partial charge in [-0.05, 0) is 18.2 Å². The normalized spacial score (nSPS) is 8.73. The molecule has 0 aromatic heterocycles. The van der Waals surface area contributed by atoms with E-state index in [1.807, 2.05) is 0 Å². The molecule has 2 heteroatoms. The van der Waals surface area contributed by atoms with Crippen LogP contribution in [-0.2, 0) is 0 Å². The van der Waals surface area contributed by atoms with E-state index in [0.717, 1.165) is 0 Å². The molecule has 0 bridgehead atoms. The zero-order valence-electron chi connectivity index (χ0n) is 5.88. The highest BCUT2D eigenvalue weighted by Crippen LogP contribution is 2.11. The highest BCUT2D eigenvalue weighted by atomic mass is 19.1. The molecule has 1 rings (SSSR count). The summed E-state index contributed by atoms with van der Waals surface area (Å²) in [5.41, 5.74) is 0.691. The van der Waals surface area contributed by atoms with E-state index in [1.165, 1.54) is 0 Å². The van der Waals surface area contributed by atoms with Gasteiger partial charge in [0.1, 0.15) is 5.75 Å². The van der Waals surface area contributed by atoms with Crippen LogP contribution in [0.2, 0.25) is 0 Å². The zero-order chi connectivity index (χ0) is 8.10. The molecule has 1 nitrogen and oxygen atoms in total. The van der Waals surface area contributed by atoms with Gasteiger partial charge in [0.25, 0.3) is 0 Å². The lowest BCUT2D eigenvalue weighted by atomic mass is 10.2. The number of alkyl halides is 1. The van der Waals surface area contributed by atoms with Crippen molar-refractivity contribution in [2.75, 3.05) is 6.86 Å². The number of hydrogen-bond donors (Lipinski definition) is 0. The molecule has 56 valence electrons. The van der Waals surface area contributed by atoms with E-state index in [1.54, 1.807) is 24.3 Å². The topological polar surface area (TPSA) is 9.23 Å². The Bertz CT molecular complexity index is 275. The molecule has 0 spiro atoms. The Kier molecular flexibility index (Phi) is 2.51. The maximum Gasteiger partial charge on any atom is 0.228 e. The first-order valence-electron chi connectivity index (χ1n) is 3.12. The summed E-state index contributed by atoms with van der Waals surface area (Å²) in [4.78, 5) is 0. The lowest BCUT2D eigenvalue weighted by molar-refractivity contribution is 0.192. The molecule has 0 N–H and O–H groups in total. The summed E-state index contributed by atoms with van der Waals surface area (Å²) in [6.45, 7) is -0.825. The van der Waals surface area contributed by atoms with Gasteiger partial charge in [0.2, 0.25) is 6.86 Å². The zero-order valence-corrected chi connectivity index (χ0v) is 5.88. The van der Waals surface area contributed by atoms with Crippen molar-refractivity contribution in [2.45, 2.75) is 0 Å². The van der Waals surface area contributed by atoms with Crippen LogP contribution in [0.3, 0.4) is 0 Å². The van der Waals surface area contributed by atoms with Crippen molar-refractivity contribution in [3.63, 3.8) is 0 Å². The maximum atomic E-state index is 11.6. The summed E-state index contributed by atoms with van der Waals surface area (Å²) in [5, 5.41) is 0. The minimum absolute atomic E-state index is 0.461. The Balaban J connectivity index is 2.85. The average molecular weight is 150 g/mol. The summed E-state index contributed by atoms with van der Waals surface area (Å²) >= 11 is 0. The van der Waals surface area contributed by atoms with Gasteiger partial charge >= 0.3 is 0 Å². The van der Waals surface area contributed by atoms with E-state index >= 15 is 0 Å². The second kappa shape index (κ2) is 3.62. The van der Waals surface area contributed by atoms with Crippen molar-refractivity contribution in [3.8, 4) is 18.1 Å². The molecule has 11 heavy (non-hydrogen) atoms. The average Bonchev–Trinajstić information content (AvgIpc) is 2.06. The van der Waals surface area contributed by atoms with Gasteiger partial charge in [-0.25, -0.2) is 4.39 Å². The Morgan fingerprint density at radius 2 is 2.36 bits per heavy atom. The number of terminal acetylenes is 1. The third kappa shape index (κ3) is 1.98. The molecule has 0 amide bonds. The first kappa shape index (κ1) is 7.62. The van der Waals surface area contributed by atoms with E-state index in [0.29, 0.717) is 11.3 Å². The standard InChI is InChI=1S/C9H7FO/c1-2-8-4-3-5-9(6-8)11-7-10/h1,3-6H,7H2. The van der Waals surface area contributed by atoms with Gasteiger partial charge < -0.3 is 4.74 Å². The molecule has 0 saturated heterocycles. The number of hydrogen-bond acceptors (Lipinski definition) is 1. The summed E-state index contributed by atoms with van der Waals surface area (Å²) < 4.78 is 16.2. The molecule has 0 radical (unpaired) electrons. The second-order valence-corrected chi connectivity index (χ2v) is 1.93. The van der Waals surface area contributed by atoms with E-state index in [-0.39, 0.29) is 0 Å². The van der Waals surface area contributed by atoms with Crippen LogP contribution < -0.4 is 4.74 Å². The SMILES string of the molecule is C#Cc1cccc(OCF)c1. The van der Waals surface area contributed by atoms with Gasteiger partial charge in [-0.1, -0.05) is 12.0 Å². The van der Waals surface area contributed by atoms with Crippen LogP contribution in [-0.4, -0.2) is 6.86 Å². The molecule has 0 atom stereocenters. The molecule has 0 heterocycles. The molecule has 1 aromatic rings. The predicted molar refractivity (Wildman–Crippen MR) is 41.0 cm³/mol. The quantitative estimate of drug-likeness (QED) is 0.585. The van der Waals surface area contributed by atoms with Crippen molar-refractivity contribution in [1.29, 1.82) is 0 Å². The third-order valence-electron chi connectivity index (χ3n) is 1.22. The van der Waals surface area contributed by atoms with Gasteiger partial charge in [0.15, 0.2) is 0 Å². The monoisotopic (exact) mass is 150 g/mol. The number of rotatable bonds is 2. The fourth-order valence-electron chi connectivity index (χ4n) is 0.739. The second-order valence-electron chi connectivity index (χ2n) is 1.93. The van der Waals surface area contributed by atoms with Gasteiger partial charge in [-0.3, -0.25) is 0 Å². The van der Waals surface area contributed by atoms with Crippen LogP contribution in [0.4, 0.5) is 4.39 Å². The van der Waals surface area contributed by atoms with E-state index in [2.05, 4.69) is 10.7 Å². The van der Waals surface area contributed by atoms with Crippen LogP contribution in [0.1, 0.15) is 5.56 Å². The lowest BCUT2D eigenvalue weighted by Crippen LogP contribution is -1.89. The molecule has 0 aliphatic rings. The van der Waals surface area contributed by atoms with E-state index < -0.39 is 6.86 Å². The van der Waals surface area contributed by atoms with Crippen molar-refractivity contribution in [1.82, 2.24) is 0 Å². The van der Waals surface area contributed by atoms with Crippen LogP contribution in [0, 0.1) is 12.3 Å². The fourth-order valence-corrected chi connectivity index (χ4v) is 0.739. The summed E-state index contributed by atoms with van der Waals surface area (Å²) in [7, 11) is 0. The van der Waals surface area contributed by atoms with Crippen molar-refractivity contribution in [2.24, 2.45) is 0 Å². The van der Waals surface area contributed by atoms with E-state index in [9.17, 15) is 4.39 Å². The molecule has 0 unspecified atom stereocenters. The maximum absolute atomic E-state index is 11.6. The lowest BCUT2D eigenvalue weighted by Gasteiger charge is -1.99. The minimum atomic E-state index is -0.825. The molecule has 0 fully saturated rings. The van der Waals surface area contributed by atoms with E-state index in [4.69, 9.17) is 6.42 Å². The van der Waals surface area contributed by atoms with Gasteiger partial charge in [-0.15, -0.1) is 6.42 Å². The van der Waals surface area contributed by atoms with Crippen LogP contribution in [0.15, 0.2) is 24.3 Å². The Labute approximate surface area is 64.8 Å². The number of halogens is 1. The number of benzene rings is 1. The highest BCUT2D eigenvalue weighted by Gasteiger charge is 1.92. The first-order chi connectivity index (χ1) is 5.36. The van der Waals surface area contributed by atoms with Crippen molar-refractivity contribution < 1.29 is 9.13 Å². The summed E-state index contributed by atoms with van der Waals surface area (Å²) in [6.07, 6.45) is 5.12. The summed E-state index contributed by atoms with van der Waals surface area (Å²) in [5.74, 6) is 2.88. The predicted octanol–water partition coefficient (Wildman–Crippen LogP) is 1.97. The van der Waals surface area contributed by atoms with Gasteiger partial charge in [0, 0.05) is 5.56 Å². The highest BCUT2D eigenvalue weighted by molar-refractivity contribution is 5.38. The first-order valence-corrected chi connectivity index (χ1v) is 3.12.